The SMILES string of the molecule is Cc1ccc(S(=O)(=O)OC[C@H]2O[C@H](COC(=O)c3ccccc3)[C@@H](OC(=O)c3ccccc3)[C@@H]2OC(=O)c2ccccc2)cc1. The van der Waals surface area contributed by atoms with Crippen molar-refractivity contribution in [2.75, 3.05) is 13.2 Å². The molecule has 1 aliphatic heterocycles. The largest absolute Gasteiger partial charge is 0.459 e. The van der Waals surface area contributed by atoms with E-state index in [1.165, 1.54) is 24.3 Å². The van der Waals surface area contributed by atoms with Gasteiger partial charge in [0.05, 0.1) is 28.2 Å². The van der Waals surface area contributed by atoms with Gasteiger partial charge in [-0.05, 0) is 55.5 Å². The van der Waals surface area contributed by atoms with E-state index in [1.54, 1.807) is 91.0 Å². The van der Waals surface area contributed by atoms with E-state index in [4.69, 9.17) is 23.1 Å². The number of hydrogen-bond acceptors (Lipinski definition) is 10. The molecule has 4 aromatic rings. The van der Waals surface area contributed by atoms with Crippen LogP contribution in [0.15, 0.2) is 120 Å². The first-order valence-electron chi connectivity index (χ1n) is 14.1. The van der Waals surface area contributed by atoms with Crippen molar-refractivity contribution in [1.29, 1.82) is 0 Å². The molecule has 0 aliphatic carbocycles. The Balaban J connectivity index is 1.43. The first kappa shape index (κ1) is 31.6. The van der Waals surface area contributed by atoms with Gasteiger partial charge in [-0.3, -0.25) is 4.18 Å². The number of rotatable bonds is 11. The lowest BCUT2D eigenvalue weighted by molar-refractivity contribution is -0.0481. The third-order valence-electron chi connectivity index (χ3n) is 7.00. The Morgan fingerprint density at radius 1 is 0.600 bits per heavy atom. The number of esters is 3. The molecule has 1 fully saturated rings. The standard InChI is InChI=1S/C34H30O10S/c1-23-17-19-27(20-18-23)45(38,39)41-22-29-31(44-34(37)26-15-9-4-10-16-26)30(43-33(36)25-13-7-3-8-14-25)28(42-29)21-40-32(35)24-11-5-2-6-12-24/h2-20,28-31H,21-22H2,1H3/t28-,29-,30-,31-/m1/s1. The van der Waals surface area contributed by atoms with E-state index in [0.29, 0.717) is 0 Å². The molecule has 0 radical (unpaired) electrons. The highest BCUT2D eigenvalue weighted by molar-refractivity contribution is 7.86. The summed E-state index contributed by atoms with van der Waals surface area (Å²) >= 11 is 0. The molecule has 0 N–H and O–H groups in total. The summed E-state index contributed by atoms with van der Waals surface area (Å²) in [5, 5.41) is 0. The van der Waals surface area contributed by atoms with E-state index in [0.717, 1.165) is 5.56 Å². The topological polar surface area (TPSA) is 132 Å². The molecule has 0 unspecified atom stereocenters. The van der Waals surface area contributed by atoms with Crippen molar-refractivity contribution in [1.82, 2.24) is 0 Å². The summed E-state index contributed by atoms with van der Waals surface area (Å²) in [7, 11) is -4.24. The molecule has 0 bridgehead atoms. The average molecular weight is 631 g/mol. The maximum atomic E-state index is 13.2. The van der Waals surface area contributed by atoms with E-state index in [9.17, 15) is 22.8 Å². The van der Waals surface area contributed by atoms with Crippen LogP contribution in [-0.2, 0) is 33.2 Å². The van der Waals surface area contributed by atoms with Crippen LogP contribution in [0.2, 0.25) is 0 Å². The predicted octanol–water partition coefficient (Wildman–Crippen LogP) is 4.78. The van der Waals surface area contributed by atoms with Crippen LogP contribution < -0.4 is 0 Å². The Morgan fingerprint density at radius 2 is 1.02 bits per heavy atom. The quantitative estimate of drug-likeness (QED) is 0.130. The minimum absolute atomic E-state index is 0.0793. The van der Waals surface area contributed by atoms with Crippen molar-refractivity contribution in [3.63, 3.8) is 0 Å². The van der Waals surface area contributed by atoms with E-state index in [1.807, 2.05) is 6.92 Å². The fraction of sp³-hybridized carbons (Fsp3) is 0.206. The van der Waals surface area contributed by atoms with Gasteiger partial charge in [0.2, 0.25) is 0 Å². The predicted molar refractivity (Wildman–Crippen MR) is 161 cm³/mol. The second-order valence-electron chi connectivity index (χ2n) is 10.2. The van der Waals surface area contributed by atoms with E-state index < -0.39 is 65.7 Å². The van der Waals surface area contributed by atoms with Crippen LogP contribution in [0, 0.1) is 6.92 Å². The van der Waals surface area contributed by atoms with Crippen LogP contribution >= 0.6 is 0 Å². The molecular weight excluding hydrogens is 600 g/mol. The van der Waals surface area contributed by atoms with Crippen LogP contribution in [0.5, 0.6) is 0 Å². The summed E-state index contributed by atoms with van der Waals surface area (Å²) in [6, 6.07) is 30.5. The highest BCUT2D eigenvalue weighted by atomic mass is 32.2. The maximum absolute atomic E-state index is 13.2. The Bertz CT molecular complexity index is 1710. The molecular formula is C34H30O10S. The van der Waals surface area contributed by atoms with Crippen molar-refractivity contribution >= 4 is 28.0 Å². The first-order valence-corrected chi connectivity index (χ1v) is 15.5. The maximum Gasteiger partial charge on any atom is 0.338 e. The van der Waals surface area contributed by atoms with Gasteiger partial charge in [0.25, 0.3) is 10.1 Å². The highest BCUT2D eigenvalue weighted by Gasteiger charge is 2.51. The minimum Gasteiger partial charge on any atom is -0.459 e. The molecule has 0 saturated carbocycles. The molecule has 4 aromatic carbocycles. The van der Waals surface area contributed by atoms with Crippen LogP contribution in [0.25, 0.3) is 0 Å². The van der Waals surface area contributed by atoms with Gasteiger partial charge in [0.1, 0.15) is 18.8 Å². The fourth-order valence-electron chi connectivity index (χ4n) is 4.63. The Morgan fingerprint density at radius 3 is 1.49 bits per heavy atom. The molecule has 0 amide bonds. The zero-order valence-corrected chi connectivity index (χ0v) is 25.0. The van der Waals surface area contributed by atoms with Crippen molar-refractivity contribution in [2.24, 2.45) is 0 Å². The summed E-state index contributed by atoms with van der Waals surface area (Å²) in [5.41, 5.74) is 1.56. The minimum atomic E-state index is -4.24. The molecule has 1 aliphatic rings. The van der Waals surface area contributed by atoms with Crippen molar-refractivity contribution in [2.45, 2.75) is 36.2 Å². The van der Waals surface area contributed by atoms with E-state index in [-0.39, 0.29) is 21.6 Å². The van der Waals surface area contributed by atoms with Crippen LogP contribution in [0.3, 0.4) is 0 Å². The lowest BCUT2D eigenvalue weighted by atomic mass is 10.1. The number of benzene rings is 4. The number of carbonyl (C=O) groups is 3. The smallest absolute Gasteiger partial charge is 0.338 e. The third kappa shape index (κ3) is 8.01. The summed E-state index contributed by atoms with van der Waals surface area (Å²) < 4.78 is 54.6. The zero-order valence-electron chi connectivity index (χ0n) is 24.2. The molecule has 11 heteroatoms. The fourth-order valence-corrected chi connectivity index (χ4v) is 5.55. The number of ether oxygens (including phenoxy) is 4. The molecule has 0 spiro atoms. The summed E-state index contributed by atoms with van der Waals surface area (Å²) in [5.74, 6) is -2.18. The van der Waals surface area contributed by atoms with Gasteiger partial charge in [-0.25, -0.2) is 14.4 Å². The molecule has 10 nitrogen and oxygen atoms in total. The lowest BCUT2D eigenvalue weighted by Gasteiger charge is -2.24. The van der Waals surface area contributed by atoms with Crippen molar-refractivity contribution in [3.8, 4) is 0 Å². The van der Waals surface area contributed by atoms with Gasteiger partial charge in [-0.1, -0.05) is 72.3 Å². The second-order valence-corrected chi connectivity index (χ2v) is 11.8. The van der Waals surface area contributed by atoms with E-state index in [2.05, 4.69) is 0 Å². The van der Waals surface area contributed by atoms with Gasteiger partial charge >= 0.3 is 17.9 Å². The summed E-state index contributed by atoms with van der Waals surface area (Å²) in [6.07, 6.45) is -5.01. The second kappa shape index (κ2) is 14.3. The Kier molecular flexibility index (Phi) is 10.0. The molecule has 0 aromatic heterocycles. The van der Waals surface area contributed by atoms with Gasteiger partial charge in [0, 0.05) is 0 Å². The van der Waals surface area contributed by atoms with Gasteiger partial charge in [-0.15, -0.1) is 0 Å². The van der Waals surface area contributed by atoms with Crippen molar-refractivity contribution < 1.29 is 45.9 Å². The highest BCUT2D eigenvalue weighted by Crippen LogP contribution is 2.30. The molecule has 5 rings (SSSR count). The zero-order chi connectivity index (χ0) is 31.8. The summed E-state index contributed by atoms with van der Waals surface area (Å²) in [6.45, 7) is 0.823. The monoisotopic (exact) mass is 630 g/mol. The third-order valence-corrected chi connectivity index (χ3v) is 8.29. The number of carbonyl (C=O) groups excluding carboxylic acids is 3. The van der Waals surface area contributed by atoms with Gasteiger partial charge < -0.3 is 18.9 Å². The summed E-state index contributed by atoms with van der Waals surface area (Å²) in [4.78, 5) is 39.0. The molecule has 1 heterocycles. The molecule has 4 atom stereocenters. The van der Waals surface area contributed by atoms with Gasteiger partial charge in [0.15, 0.2) is 12.2 Å². The van der Waals surface area contributed by atoms with E-state index >= 15 is 0 Å². The van der Waals surface area contributed by atoms with Crippen LogP contribution in [0.4, 0.5) is 0 Å². The number of aryl methyl sites for hydroxylation is 1. The first-order chi connectivity index (χ1) is 21.7. The van der Waals surface area contributed by atoms with Crippen molar-refractivity contribution in [3.05, 3.63) is 138 Å². The normalized spacial score (nSPS) is 19.4. The average Bonchev–Trinajstić information content (AvgIpc) is 3.39. The Hall–Kier alpha value is -4.84. The molecule has 232 valence electrons. The lowest BCUT2D eigenvalue weighted by Crippen LogP contribution is -2.43. The Labute approximate surface area is 260 Å². The number of hydrogen-bond donors (Lipinski definition) is 0. The van der Waals surface area contributed by atoms with Crippen LogP contribution in [0.1, 0.15) is 36.6 Å². The molecule has 45 heavy (non-hydrogen) atoms. The van der Waals surface area contributed by atoms with Crippen LogP contribution in [-0.4, -0.2) is 64.0 Å². The molecule has 1 saturated heterocycles. The van der Waals surface area contributed by atoms with Gasteiger partial charge in [-0.2, -0.15) is 8.42 Å².